The number of aromatic nitrogens is 2. The molecule has 0 atom stereocenters. The van der Waals surface area contributed by atoms with Crippen LogP contribution in [0.25, 0.3) is 0 Å². The zero-order chi connectivity index (χ0) is 17.1. The monoisotopic (exact) mass is 333 g/mol. The van der Waals surface area contributed by atoms with Gasteiger partial charge in [-0.25, -0.2) is 18.7 Å². The first-order chi connectivity index (χ1) is 11.5. The normalized spacial score (nSPS) is 15.4. The lowest BCUT2D eigenvalue weighted by atomic mass is 10.2. The van der Waals surface area contributed by atoms with Crippen LogP contribution in [0.4, 0.5) is 20.3 Å². The average Bonchev–Trinajstić information content (AvgIpc) is 2.59. The highest BCUT2D eigenvalue weighted by molar-refractivity contribution is 6.02. The number of amides is 1. The van der Waals surface area contributed by atoms with Crippen LogP contribution in [0.15, 0.2) is 30.6 Å². The molecule has 1 aliphatic heterocycles. The predicted octanol–water partition coefficient (Wildman–Crippen LogP) is 1.76. The van der Waals surface area contributed by atoms with E-state index >= 15 is 0 Å². The van der Waals surface area contributed by atoms with Gasteiger partial charge in [0.15, 0.2) is 0 Å². The van der Waals surface area contributed by atoms with Gasteiger partial charge in [-0.15, -0.1) is 0 Å². The minimum absolute atomic E-state index is 0.00414. The summed E-state index contributed by atoms with van der Waals surface area (Å²) in [5, 5.41) is 2.19. The van der Waals surface area contributed by atoms with Crippen molar-refractivity contribution in [1.29, 1.82) is 0 Å². The number of benzene rings is 1. The second kappa shape index (κ2) is 6.88. The van der Waals surface area contributed by atoms with Crippen molar-refractivity contribution < 1.29 is 13.6 Å². The predicted molar refractivity (Wildman–Crippen MR) is 86.1 cm³/mol. The standard InChI is InChI=1S/C16H17F2N5O/c1-22-5-7-23(8-6-22)14-10-19-13(9-20-14)16(24)21-15-11(17)3-2-4-12(15)18/h2-4,9-10H,5-8H2,1H3,(H,21,24). The maximum Gasteiger partial charge on any atom is 0.276 e. The number of likely N-dealkylation sites (N-methyl/N-ethyl adjacent to an activating group) is 1. The maximum atomic E-state index is 13.6. The molecule has 24 heavy (non-hydrogen) atoms. The molecule has 0 radical (unpaired) electrons. The van der Waals surface area contributed by atoms with Crippen molar-refractivity contribution in [3.05, 3.63) is 47.9 Å². The van der Waals surface area contributed by atoms with Crippen molar-refractivity contribution in [2.24, 2.45) is 0 Å². The number of rotatable bonds is 3. The first kappa shape index (κ1) is 16.3. The van der Waals surface area contributed by atoms with Crippen LogP contribution in [0.2, 0.25) is 0 Å². The summed E-state index contributed by atoms with van der Waals surface area (Å²) >= 11 is 0. The molecule has 6 nitrogen and oxygen atoms in total. The quantitative estimate of drug-likeness (QED) is 0.927. The van der Waals surface area contributed by atoms with Crippen LogP contribution in [-0.2, 0) is 0 Å². The summed E-state index contributed by atoms with van der Waals surface area (Å²) < 4.78 is 27.1. The van der Waals surface area contributed by atoms with E-state index in [0.717, 1.165) is 38.3 Å². The van der Waals surface area contributed by atoms with Crippen molar-refractivity contribution in [1.82, 2.24) is 14.9 Å². The molecule has 3 rings (SSSR count). The van der Waals surface area contributed by atoms with E-state index in [1.807, 2.05) is 0 Å². The van der Waals surface area contributed by atoms with Gasteiger partial charge in [-0.3, -0.25) is 4.79 Å². The van der Waals surface area contributed by atoms with Crippen LogP contribution in [0.1, 0.15) is 10.5 Å². The molecule has 0 saturated carbocycles. The molecule has 1 fully saturated rings. The Labute approximate surface area is 138 Å². The highest BCUT2D eigenvalue weighted by Gasteiger charge is 2.18. The summed E-state index contributed by atoms with van der Waals surface area (Å²) in [6.07, 6.45) is 2.81. The molecule has 2 heterocycles. The Kier molecular flexibility index (Phi) is 4.66. The molecule has 0 bridgehead atoms. The van der Waals surface area contributed by atoms with Gasteiger partial charge in [-0.2, -0.15) is 0 Å². The number of carbonyl (C=O) groups excluding carboxylic acids is 1. The van der Waals surface area contributed by atoms with Gasteiger partial charge in [-0.05, 0) is 19.2 Å². The summed E-state index contributed by atoms with van der Waals surface area (Å²) in [4.78, 5) is 24.7. The Bertz CT molecular complexity index is 709. The number of hydrogen-bond donors (Lipinski definition) is 1. The third-order valence-corrected chi connectivity index (χ3v) is 3.90. The third-order valence-electron chi connectivity index (χ3n) is 3.90. The van der Waals surface area contributed by atoms with E-state index in [9.17, 15) is 13.6 Å². The summed E-state index contributed by atoms with van der Waals surface area (Å²) in [6.45, 7) is 3.52. The number of nitrogens with one attached hydrogen (secondary N) is 1. The zero-order valence-corrected chi connectivity index (χ0v) is 13.2. The van der Waals surface area contributed by atoms with Gasteiger partial charge >= 0.3 is 0 Å². The Morgan fingerprint density at radius 1 is 1.08 bits per heavy atom. The molecule has 1 N–H and O–H groups in total. The first-order valence-electron chi connectivity index (χ1n) is 7.55. The van der Waals surface area contributed by atoms with E-state index in [4.69, 9.17) is 0 Å². The first-order valence-corrected chi connectivity index (χ1v) is 7.55. The van der Waals surface area contributed by atoms with E-state index in [-0.39, 0.29) is 5.69 Å². The van der Waals surface area contributed by atoms with Gasteiger partial charge in [0.2, 0.25) is 0 Å². The van der Waals surface area contributed by atoms with Crippen molar-refractivity contribution in [3.63, 3.8) is 0 Å². The fourth-order valence-electron chi connectivity index (χ4n) is 2.43. The maximum absolute atomic E-state index is 13.6. The number of hydrogen-bond acceptors (Lipinski definition) is 5. The van der Waals surface area contributed by atoms with Gasteiger partial charge in [0.05, 0.1) is 12.4 Å². The minimum Gasteiger partial charge on any atom is -0.353 e. The number of halogens is 2. The SMILES string of the molecule is CN1CCN(c2cnc(C(=O)Nc3c(F)cccc3F)cn2)CC1. The average molecular weight is 333 g/mol. The lowest BCUT2D eigenvalue weighted by Crippen LogP contribution is -2.44. The largest absolute Gasteiger partial charge is 0.353 e. The van der Waals surface area contributed by atoms with E-state index in [1.54, 1.807) is 0 Å². The van der Waals surface area contributed by atoms with Crippen LogP contribution in [0.5, 0.6) is 0 Å². The molecule has 1 amide bonds. The van der Waals surface area contributed by atoms with E-state index in [2.05, 4.69) is 32.1 Å². The lowest BCUT2D eigenvalue weighted by molar-refractivity contribution is 0.102. The van der Waals surface area contributed by atoms with Gasteiger partial charge in [-0.1, -0.05) is 6.07 Å². The van der Waals surface area contributed by atoms with Crippen molar-refractivity contribution in [3.8, 4) is 0 Å². The molecule has 2 aromatic rings. The van der Waals surface area contributed by atoms with Crippen LogP contribution < -0.4 is 10.2 Å². The number of piperazine rings is 1. The number of nitrogens with zero attached hydrogens (tertiary/aromatic N) is 4. The molecule has 0 aliphatic carbocycles. The van der Waals surface area contributed by atoms with E-state index in [0.29, 0.717) is 5.82 Å². The lowest BCUT2D eigenvalue weighted by Gasteiger charge is -2.32. The minimum atomic E-state index is -0.842. The van der Waals surface area contributed by atoms with Crippen LogP contribution in [0, 0.1) is 11.6 Å². The highest BCUT2D eigenvalue weighted by Crippen LogP contribution is 2.19. The van der Waals surface area contributed by atoms with E-state index < -0.39 is 23.2 Å². The Hall–Kier alpha value is -2.61. The molecule has 0 unspecified atom stereocenters. The van der Waals surface area contributed by atoms with Gasteiger partial charge in [0.25, 0.3) is 5.91 Å². The van der Waals surface area contributed by atoms with Crippen LogP contribution in [0.3, 0.4) is 0 Å². The second-order valence-electron chi connectivity index (χ2n) is 5.60. The molecular weight excluding hydrogens is 316 g/mol. The molecule has 0 spiro atoms. The smallest absolute Gasteiger partial charge is 0.276 e. The molecule has 1 aromatic carbocycles. The summed E-state index contributed by atoms with van der Waals surface area (Å²) in [6, 6.07) is 3.37. The summed E-state index contributed by atoms with van der Waals surface area (Å²) in [5.41, 5.74) is -0.497. The molecule has 1 saturated heterocycles. The molecule has 1 aliphatic rings. The molecule has 8 heteroatoms. The zero-order valence-electron chi connectivity index (χ0n) is 13.2. The number of carbonyl (C=O) groups is 1. The molecule has 1 aromatic heterocycles. The van der Waals surface area contributed by atoms with Crippen LogP contribution >= 0.6 is 0 Å². The number of para-hydroxylation sites is 1. The topological polar surface area (TPSA) is 61.4 Å². The Morgan fingerprint density at radius 3 is 2.33 bits per heavy atom. The second-order valence-corrected chi connectivity index (χ2v) is 5.60. The fourth-order valence-corrected chi connectivity index (χ4v) is 2.43. The van der Waals surface area contributed by atoms with Gasteiger partial charge in [0.1, 0.15) is 28.8 Å². The summed E-state index contributed by atoms with van der Waals surface area (Å²) in [5.74, 6) is -1.72. The fraction of sp³-hybridized carbons (Fsp3) is 0.312. The van der Waals surface area contributed by atoms with E-state index in [1.165, 1.54) is 18.5 Å². The van der Waals surface area contributed by atoms with Crippen molar-refractivity contribution >= 4 is 17.4 Å². The molecule has 126 valence electrons. The van der Waals surface area contributed by atoms with Crippen molar-refractivity contribution in [2.45, 2.75) is 0 Å². The van der Waals surface area contributed by atoms with Gasteiger partial charge in [0, 0.05) is 26.2 Å². The summed E-state index contributed by atoms with van der Waals surface area (Å²) in [7, 11) is 2.05. The highest BCUT2D eigenvalue weighted by atomic mass is 19.1. The Morgan fingerprint density at radius 2 is 1.75 bits per heavy atom. The van der Waals surface area contributed by atoms with Crippen molar-refractivity contribution in [2.75, 3.05) is 43.4 Å². The van der Waals surface area contributed by atoms with Crippen LogP contribution in [-0.4, -0.2) is 54.0 Å². The van der Waals surface area contributed by atoms with Gasteiger partial charge < -0.3 is 15.1 Å². The Balaban J connectivity index is 1.70. The molecular formula is C16H17F2N5O. The third kappa shape index (κ3) is 3.48. The number of anilines is 2.